The molecule has 11 nitrogen and oxygen atoms in total. The summed E-state index contributed by atoms with van der Waals surface area (Å²) >= 11 is 0. The van der Waals surface area contributed by atoms with Crippen molar-refractivity contribution in [1.29, 1.82) is 0 Å². The van der Waals surface area contributed by atoms with Gasteiger partial charge in [-0.1, -0.05) is 20.8 Å². The quantitative estimate of drug-likeness (QED) is 0.335. The van der Waals surface area contributed by atoms with Crippen molar-refractivity contribution < 1.29 is 52.4 Å². The maximum atomic E-state index is 13.1. The Balaban J connectivity index is 3.73. The van der Waals surface area contributed by atoms with E-state index >= 15 is 0 Å². The minimum atomic E-state index is -1.63. The number of hydrogen-bond donors (Lipinski definition) is 0. The topological polar surface area (TPSA) is 141 Å². The average molecular weight is 559 g/mol. The second-order valence-corrected chi connectivity index (χ2v) is 13.8. The standard InChI is InChI=1S/C28H46O11/c1-25(2,3)15(29)14-35-21-19(39-24(33)28(10,11)12)17(38-23(32)27(7,8)9)16(18(36-21)20(30)34-13)37-22(31)26(4,5)6/h16-19,21H,14H2,1-13H3. The van der Waals surface area contributed by atoms with Crippen molar-refractivity contribution in [1.82, 2.24) is 0 Å². The van der Waals surface area contributed by atoms with Crippen molar-refractivity contribution in [2.24, 2.45) is 21.7 Å². The van der Waals surface area contributed by atoms with Crippen molar-refractivity contribution in [3.63, 3.8) is 0 Å². The number of ether oxygens (including phenoxy) is 6. The molecule has 0 aromatic heterocycles. The van der Waals surface area contributed by atoms with E-state index in [1.807, 2.05) is 0 Å². The Bertz CT molecular complexity index is 925. The van der Waals surface area contributed by atoms with Gasteiger partial charge in [0.15, 0.2) is 36.5 Å². The molecule has 1 rings (SSSR count). The van der Waals surface area contributed by atoms with Crippen molar-refractivity contribution in [3.8, 4) is 0 Å². The second-order valence-electron chi connectivity index (χ2n) is 13.8. The van der Waals surface area contributed by atoms with Crippen LogP contribution < -0.4 is 0 Å². The third-order valence-corrected chi connectivity index (χ3v) is 5.71. The molecule has 0 amide bonds. The molecule has 0 saturated carbocycles. The Morgan fingerprint density at radius 3 is 1.33 bits per heavy atom. The average Bonchev–Trinajstić information content (AvgIpc) is 2.76. The SMILES string of the molecule is COC(=O)C1OC(OCC(=O)C(C)(C)C)C(OC(=O)C(C)(C)C)C(OC(=O)C(C)(C)C)C1OC(=O)C(C)(C)C. The summed E-state index contributed by atoms with van der Waals surface area (Å²) in [5.41, 5.74) is -3.80. The molecule has 0 N–H and O–H groups in total. The lowest BCUT2D eigenvalue weighted by Crippen LogP contribution is -2.65. The van der Waals surface area contributed by atoms with E-state index in [2.05, 4.69) is 0 Å². The second kappa shape index (κ2) is 12.3. The molecule has 0 radical (unpaired) electrons. The molecule has 1 fully saturated rings. The monoisotopic (exact) mass is 558 g/mol. The van der Waals surface area contributed by atoms with Gasteiger partial charge in [-0.15, -0.1) is 0 Å². The van der Waals surface area contributed by atoms with Crippen molar-refractivity contribution in [3.05, 3.63) is 0 Å². The molecule has 39 heavy (non-hydrogen) atoms. The minimum absolute atomic E-state index is 0.300. The Morgan fingerprint density at radius 2 is 0.974 bits per heavy atom. The molecule has 5 unspecified atom stereocenters. The summed E-state index contributed by atoms with van der Waals surface area (Å²) in [5, 5.41) is 0. The van der Waals surface area contributed by atoms with Gasteiger partial charge in [0, 0.05) is 5.41 Å². The Kier molecular flexibility index (Phi) is 10.9. The van der Waals surface area contributed by atoms with Gasteiger partial charge in [0.1, 0.15) is 6.61 Å². The van der Waals surface area contributed by atoms with Gasteiger partial charge in [-0.2, -0.15) is 0 Å². The zero-order valence-corrected chi connectivity index (χ0v) is 25.6. The molecule has 0 spiro atoms. The molecule has 5 atom stereocenters. The van der Waals surface area contributed by atoms with Gasteiger partial charge in [0.2, 0.25) is 0 Å². The molecular formula is C28H46O11. The summed E-state index contributed by atoms with van der Waals surface area (Å²) in [4.78, 5) is 64.6. The fourth-order valence-electron chi connectivity index (χ4n) is 2.91. The lowest BCUT2D eigenvalue weighted by Gasteiger charge is -2.45. The van der Waals surface area contributed by atoms with Crippen LogP contribution in [-0.4, -0.2) is 74.1 Å². The lowest BCUT2D eigenvalue weighted by molar-refractivity contribution is -0.304. The highest BCUT2D eigenvalue weighted by atomic mass is 16.7. The smallest absolute Gasteiger partial charge is 0.339 e. The summed E-state index contributed by atoms with van der Waals surface area (Å²) in [6.45, 7) is 19.1. The Hall–Kier alpha value is -2.53. The zero-order chi connectivity index (χ0) is 30.7. The first-order valence-corrected chi connectivity index (χ1v) is 12.9. The van der Waals surface area contributed by atoms with Gasteiger partial charge in [-0.3, -0.25) is 19.2 Å². The third-order valence-electron chi connectivity index (χ3n) is 5.71. The van der Waals surface area contributed by atoms with Crippen LogP contribution >= 0.6 is 0 Å². The fourth-order valence-corrected chi connectivity index (χ4v) is 2.91. The Labute approximate surface area is 231 Å². The number of esters is 4. The maximum absolute atomic E-state index is 13.1. The van der Waals surface area contributed by atoms with Crippen LogP contribution in [0.5, 0.6) is 0 Å². The van der Waals surface area contributed by atoms with E-state index in [-0.39, 0.29) is 5.78 Å². The fraction of sp³-hybridized carbons (Fsp3) is 0.821. The van der Waals surface area contributed by atoms with Gasteiger partial charge in [0.05, 0.1) is 23.4 Å². The molecular weight excluding hydrogens is 512 g/mol. The lowest BCUT2D eigenvalue weighted by atomic mass is 9.91. The first-order chi connectivity index (χ1) is 17.4. The van der Waals surface area contributed by atoms with E-state index in [9.17, 15) is 24.0 Å². The largest absolute Gasteiger partial charge is 0.467 e. The van der Waals surface area contributed by atoms with Crippen LogP contribution in [0.15, 0.2) is 0 Å². The third kappa shape index (κ3) is 9.56. The molecule has 11 heteroatoms. The first kappa shape index (κ1) is 34.5. The molecule has 0 aromatic rings. The number of Topliss-reactive ketones (excluding diaryl/α,β-unsaturated/α-hetero) is 1. The maximum Gasteiger partial charge on any atom is 0.339 e. The van der Waals surface area contributed by atoms with Crippen molar-refractivity contribution in [2.75, 3.05) is 13.7 Å². The van der Waals surface area contributed by atoms with Crippen LogP contribution in [0.2, 0.25) is 0 Å². The van der Waals surface area contributed by atoms with Crippen LogP contribution in [0, 0.1) is 21.7 Å². The summed E-state index contributed by atoms with van der Waals surface area (Å²) in [5.74, 6) is -3.41. The zero-order valence-electron chi connectivity index (χ0n) is 25.6. The van der Waals surface area contributed by atoms with E-state index in [0.29, 0.717) is 0 Å². The molecule has 0 bridgehead atoms. The summed E-state index contributed by atoms with van der Waals surface area (Å²) in [6, 6.07) is 0. The number of methoxy groups -OCH3 is 1. The highest BCUT2D eigenvalue weighted by molar-refractivity contribution is 5.85. The highest BCUT2D eigenvalue weighted by Crippen LogP contribution is 2.34. The van der Waals surface area contributed by atoms with Gasteiger partial charge in [-0.05, 0) is 62.3 Å². The van der Waals surface area contributed by atoms with Gasteiger partial charge < -0.3 is 28.4 Å². The normalized spacial score (nSPS) is 24.4. The molecule has 1 aliphatic heterocycles. The predicted molar refractivity (Wildman–Crippen MR) is 139 cm³/mol. The van der Waals surface area contributed by atoms with Crippen LogP contribution in [0.25, 0.3) is 0 Å². The highest BCUT2D eigenvalue weighted by Gasteiger charge is 2.57. The van der Waals surface area contributed by atoms with Gasteiger partial charge in [-0.25, -0.2) is 4.79 Å². The van der Waals surface area contributed by atoms with Gasteiger partial charge in [0.25, 0.3) is 0 Å². The number of ketones is 1. The van der Waals surface area contributed by atoms with E-state index in [0.717, 1.165) is 7.11 Å². The number of carbonyl (C=O) groups is 5. The van der Waals surface area contributed by atoms with Crippen molar-refractivity contribution >= 4 is 29.7 Å². The number of carbonyl (C=O) groups excluding carboxylic acids is 5. The van der Waals surface area contributed by atoms with Crippen LogP contribution in [-0.2, 0) is 52.4 Å². The van der Waals surface area contributed by atoms with Crippen LogP contribution in [0.3, 0.4) is 0 Å². The number of rotatable bonds is 7. The molecule has 1 heterocycles. The van der Waals surface area contributed by atoms with E-state index in [1.54, 1.807) is 83.1 Å². The van der Waals surface area contributed by atoms with Crippen LogP contribution in [0.1, 0.15) is 83.1 Å². The summed E-state index contributed by atoms with van der Waals surface area (Å²) in [7, 11) is 1.11. The molecule has 0 aliphatic carbocycles. The summed E-state index contributed by atoms with van der Waals surface area (Å²) in [6.07, 6.45) is -7.78. The number of hydrogen-bond acceptors (Lipinski definition) is 11. The molecule has 224 valence electrons. The molecule has 1 saturated heterocycles. The van der Waals surface area contributed by atoms with E-state index < -0.39 is 82.8 Å². The van der Waals surface area contributed by atoms with Gasteiger partial charge >= 0.3 is 23.9 Å². The van der Waals surface area contributed by atoms with E-state index in [1.165, 1.54) is 0 Å². The molecule has 1 aliphatic rings. The van der Waals surface area contributed by atoms with Crippen LogP contribution in [0.4, 0.5) is 0 Å². The Morgan fingerprint density at radius 1 is 0.590 bits per heavy atom. The minimum Gasteiger partial charge on any atom is -0.467 e. The predicted octanol–water partition coefficient (Wildman–Crippen LogP) is 3.39. The molecule has 0 aromatic carbocycles. The van der Waals surface area contributed by atoms with E-state index in [4.69, 9.17) is 28.4 Å². The first-order valence-electron chi connectivity index (χ1n) is 12.9. The van der Waals surface area contributed by atoms with Crippen molar-refractivity contribution in [2.45, 2.75) is 114 Å². The summed E-state index contributed by atoms with van der Waals surface area (Å²) < 4.78 is 33.7.